The molecule has 9 heteroatoms. The summed E-state index contributed by atoms with van der Waals surface area (Å²) in [6.45, 7) is 2.03. The van der Waals surface area contributed by atoms with Crippen molar-refractivity contribution in [3.05, 3.63) is 46.7 Å². The summed E-state index contributed by atoms with van der Waals surface area (Å²) in [7, 11) is 2.92. The molecular formula is C18H22F2N2O5. The van der Waals surface area contributed by atoms with E-state index in [9.17, 15) is 18.4 Å². The van der Waals surface area contributed by atoms with Crippen LogP contribution in [0.1, 0.15) is 18.5 Å². The molecule has 0 spiro atoms. The van der Waals surface area contributed by atoms with E-state index >= 15 is 0 Å². The lowest BCUT2D eigenvalue weighted by Gasteiger charge is -2.35. The molecule has 7 nitrogen and oxygen atoms in total. The van der Waals surface area contributed by atoms with Gasteiger partial charge in [0.2, 0.25) is 0 Å². The van der Waals surface area contributed by atoms with E-state index in [0.717, 1.165) is 12.1 Å². The molecule has 148 valence electrons. The number of methoxy groups -OCH3 is 2. The highest BCUT2D eigenvalue weighted by Gasteiger charge is 2.38. The van der Waals surface area contributed by atoms with Gasteiger partial charge in [-0.1, -0.05) is 6.07 Å². The Labute approximate surface area is 155 Å². The van der Waals surface area contributed by atoms with Crippen LogP contribution in [0.2, 0.25) is 0 Å². The maximum Gasteiger partial charge on any atom is 0.338 e. The molecule has 2 amide bonds. The Kier molecular flexibility index (Phi) is 7.26. The maximum absolute atomic E-state index is 14.3. The predicted octanol–water partition coefficient (Wildman–Crippen LogP) is 2.14. The lowest BCUT2D eigenvalue weighted by atomic mass is 9.94. The van der Waals surface area contributed by atoms with Gasteiger partial charge in [0.05, 0.1) is 36.9 Å². The van der Waals surface area contributed by atoms with Crippen molar-refractivity contribution >= 4 is 12.0 Å². The smallest absolute Gasteiger partial charge is 0.338 e. The Hall–Kier alpha value is -2.52. The van der Waals surface area contributed by atoms with Gasteiger partial charge in [-0.25, -0.2) is 18.4 Å². The number of amides is 2. The third-order valence-electron chi connectivity index (χ3n) is 4.14. The van der Waals surface area contributed by atoms with Crippen molar-refractivity contribution < 1.29 is 32.6 Å². The number of allylic oxidation sites excluding steroid dienone is 1. The molecule has 2 rings (SSSR count). The highest BCUT2D eigenvalue weighted by molar-refractivity contribution is 5.95. The molecule has 1 aliphatic rings. The second-order valence-electron chi connectivity index (χ2n) is 5.79. The quantitative estimate of drug-likeness (QED) is 0.549. The van der Waals surface area contributed by atoms with Crippen molar-refractivity contribution in [3.8, 4) is 0 Å². The summed E-state index contributed by atoms with van der Waals surface area (Å²) in [4.78, 5) is 26.3. The molecule has 0 saturated carbocycles. The van der Waals surface area contributed by atoms with Gasteiger partial charge in [0.1, 0.15) is 18.2 Å². The highest BCUT2D eigenvalue weighted by atomic mass is 19.1. The Bertz CT molecular complexity index is 718. The van der Waals surface area contributed by atoms with Crippen molar-refractivity contribution in [2.45, 2.75) is 13.0 Å². The Morgan fingerprint density at radius 1 is 1.15 bits per heavy atom. The minimum absolute atomic E-state index is 0.0371. The molecule has 27 heavy (non-hydrogen) atoms. The van der Waals surface area contributed by atoms with Crippen molar-refractivity contribution in [2.75, 3.05) is 40.6 Å². The number of benzene rings is 1. The average molecular weight is 384 g/mol. The van der Waals surface area contributed by atoms with Crippen LogP contribution in [0.5, 0.6) is 0 Å². The standard InChI is InChI=1S/C18H22F2N2O5/c1-11-14(17(23)27-10-9-26-3)16(15-12(19)5-4-6-13(15)20)21-18(24)22(11)7-8-25-2/h4-6,16H,7-10H2,1-3H3,(H,21,24). The molecule has 1 N–H and O–H groups in total. The van der Waals surface area contributed by atoms with Crippen LogP contribution in [-0.2, 0) is 19.0 Å². The number of hydrogen-bond donors (Lipinski definition) is 1. The molecule has 0 saturated heterocycles. The van der Waals surface area contributed by atoms with Gasteiger partial charge in [0.15, 0.2) is 0 Å². The van der Waals surface area contributed by atoms with Crippen molar-refractivity contribution in [1.29, 1.82) is 0 Å². The van der Waals surface area contributed by atoms with E-state index < -0.39 is 35.2 Å². The van der Waals surface area contributed by atoms with Gasteiger partial charge in [0, 0.05) is 19.9 Å². The van der Waals surface area contributed by atoms with Crippen LogP contribution in [0.3, 0.4) is 0 Å². The van der Waals surface area contributed by atoms with Crippen LogP contribution in [0, 0.1) is 11.6 Å². The molecule has 1 unspecified atom stereocenters. The molecule has 1 atom stereocenters. The number of carbonyl (C=O) groups excluding carboxylic acids is 2. The lowest BCUT2D eigenvalue weighted by Crippen LogP contribution is -2.49. The first-order chi connectivity index (χ1) is 12.9. The molecule has 1 aromatic rings. The zero-order valence-corrected chi connectivity index (χ0v) is 15.4. The van der Waals surface area contributed by atoms with Crippen LogP contribution in [0.4, 0.5) is 13.6 Å². The van der Waals surface area contributed by atoms with E-state index in [1.165, 1.54) is 32.1 Å². The molecule has 0 aliphatic carbocycles. The molecule has 0 radical (unpaired) electrons. The van der Waals surface area contributed by atoms with Gasteiger partial charge in [-0.3, -0.25) is 4.90 Å². The Morgan fingerprint density at radius 2 is 1.78 bits per heavy atom. The van der Waals surface area contributed by atoms with Gasteiger partial charge < -0.3 is 19.5 Å². The summed E-state index contributed by atoms with van der Waals surface area (Å²) in [5, 5.41) is 2.49. The van der Waals surface area contributed by atoms with Crippen LogP contribution < -0.4 is 5.32 Å². The number of esters is 1. The monoisotopic (exact) mass is 384 g/mol. The van der Waals surface area contributed by atoms with E-state index in [2.05, 4.69) is 5.32 Å². The first-order valence-electron chi connectivity index (χ1n) is 8.30. The van der Waals surface area contributed by atoms with E-state index in [1.54, 1.807) is 0 Å². The fourth-order valence-corrected chi connectivity index (χ4v) is 2.80. The zero-order chi connectivity index (χ0) is 20.0. The van der Waals surface area contributed by atoms with Crippen molar-refractivity contribution in [1.82, 2.24) is 10.2 Å². The van der Waals surface area contributed by atoms with Crippen molar-refractivity contribution in [3.63, 3.8) is 0 Å². The fourth-order valence-electron chi connectivity index (χ4n) is 2.80. The molecule has 1 heterocycles. The first-order valence-corrected chi connectivity index (χ1v) is 8.30. The number of ether oxygens (including phenoxy) is 3. The van der Waals surface area contributed by atoms with Crippen LogP contribution in [0.25, 0.3) is 0 Å². The normalized spacial score (nSPS) is 17.1. The van der Waals surface area contributed by atoms with Gasteiger partial charge >= 0.3 is 12.0 Å². The topological polar surface area (TPSA) is 77.1 Å². The number of urea groups is 1. The van der Waals surface area contributed by atoms with E-state index in [-0.39, 0.29) is 37.6 Å². The zero-order valence-electron chi connectivity index (χ0n) is 15.4. The number of hydrogen-bond acceptors (Lipinski definition) is 5. The average Bonchev–Trinajstić information content (AvgIpc) is 2.61. The second kappa shape index (κ2) is 9.43. The summed E-state index contributed by atoms with van der Waals surface area (Å²) in [6.07, 6.45) is 0. The van der Waals surface area contributed by atoms with Crippen LogP contribution in [0.15, 0.2) is 29.5 Å². The Morgan fingerprint density at radius 3 is 2.37 bits per heavy atom. The molecule has 0 bridgehead atoms. The first kappa shape index (κ1) is 20.8. The lowest BCUT2D eigenvalue weighted by molar-refractivity contribution is -0.141. The molecule has 1 aromatic carbocycles. The minimum atomic E-state index is -1.31. The summed E-state index contributed by atoms with van der Waals surface area (Å²) in [5.74, 6) is -2.54. The van der Waals surface area contributed by atoms with E-state index in [4.69, 9.17) is 14.2 Å². The molecule has 1 aliphatic heterocycles. The number of halogens is 2. The number of nitrogens with one attached hydrogen (secondary N) is 1. The van der Waals surface area contributed by atoms with E-state index in [1.807, 2.05) is 0 Å². The largest absolute Gasteiger partial charge is 0.460 e. The molecular weight excluding hydrogens is 362 g/mol. The molecule has 0 aromatic heterocycles. The van der Waals surface area contributed by atoms with Gasteiger partial charge in [-0.2, -0.15) is 0 Å². The maximum atomic E-state index is 14.3. The highest BCUT2D eigenvalue weighted by Crippen LogP contribution is 2.33. The van der Waals surface area contributed by atoms with E-state index in [0.29, 0.717) is 0 Å². The third-order valence-corrected chi connectivity index (χ3v) is 4.14. The summed E-state index contributed by atoms with van der Waals surface area (Å²) in [5.41, 5.74) is -0.230. The Balaban J connectivity index is 2.49. The fraction of sp³-hybridized carbons (Fsp3) is 0.444. The molecule has 0 fully saturated rings. The van der Waals surface area contributed by atoms with Crippen LogP contribution >= 0.6 is 0 Å². The van der Waals surface area contributed by atoms with Gasteiger partial charge in [-0.15, -0.1) is 0 Å². The third kappa shape index (κ3) is 4.61. The second-order valence-corrected chi connectivity index (χ2v) is 5.79. The van der Waals surface area contributed by atoms with Crippen LogP contribution in [-0.4, -0.2) is 57.5 Å². The summed E-state index contributed by atoms with van der Waals surface area (Å²) >= 11 is 0. The summed E-state index contributed by atoms with van der Waals surface area (Å²) < 4.78 is 43.6. The van der Waals surface area contributed by atoms with Crippen molar-refractivity contribution in [2.24, 2.45) is 0 Å². The van der Waals surface area contributed by atoms with Gasteiger partial charge in [0.25, 0.3) is 0 Å². The number of carbonyl (C=O) groups is 2. The predicted molar refractivity (Wildman–Crippen MR) is 91.7 cm³/mol. The summed E-state index contributed by atoms with van der Waals surface area (Å²) in [6, 6.07) is 1.42. The number of nitrogens with zero attached hydrogens (tertiary/aromatic N) is 1. The van der Waals surface area contributed by atoms with Gasteiger partial charge in [-0.05, 0) is 19.1 Å². The minimum Gasteiger partial charge on any atom is -0.460 e. The SMILES string of the molecule is COCCOC(=O)C1=C(C)N(CCOC)C(=O)NC1c1c(F)cccc1F. The number of rotatable bonds is 8.